The third kappa shape index (κ3) is 1.53. The lowest BCUT2D eigenvalue weighted by Crippen LogP contribution is -1.84. The molecule has 0 unspecified atom stereocenters. The fourth-order valence-corrected chi connectivity index (χ4v) is 1.21. The molecule has 0 N–H and O–H groups in total. The van der Waals surface area contributed by atoms with Crippen molar-refractivity contribution in [2.45, 2.75) is 13.8 Å². The van der Waals surface area contributed by atoms with E-state index in [-0.39, 0.29) is 5.82 Å². The molecule has 0 fully saturated rings. The van der Waals surface area contributed by atoms with Gasteiger partial charge in [-0.05, 0) is 31.5 Å². The molecule has 0 saturated carbocycles. The van der Waals surface area contributed by atoms with Gasteiger partial charge >= 0.3 is 0 Å². The quantitative estimate of drug-likeness (QED) is 0.692. The third-order valence-electron chi connectivity index (χ3n) is 2.04. The lowest BCUT2D eigenvalue weighted by Gasteiger charge is -1.98. The summed E-state index contributed by atoms with van der Waals surface area (Å²) in [5.74, 6) is 0.222. The predicted octanol–water partition coefficient (Wildman–Crippen LogP) is 3.10. The van der Waals surface area contributed by atoms with Gasteiger partial charge in [-0.3, -0.25) is 0 Å². The molecule has 14 heavy (non-hydrogen) atoms. The van der Waals surface area contributed by atoms with Gasteiger partial charge in [0, 0.05) is 5.56 Å². The van der Waals surface area contributed by atoms with Crippen LogP contribution in [0, 0.1) is 19.7 Å². The number of rotatable bonds is 1. The minimum absolute atomic E-state index is 0.238. The van der Waals surface area contributed by atoms with Gasteiger partial charge in [0.15, 0.2) is 0 Å². The molecule has 3 heteroatoms. The summed E-state index contributed by atoms with van der Waals surface area (Å²) in [5.41, 5.74) is 2.08. The average molecular weight is 191 g/mol. The molecular formula is C11H10FNO. The zero-order chi connectivity index (χ0) is 10.1. The van der Waals surface area contributed by atoms with Gasteiger partial charge in [0.1, 0.15) is 12.1 Å². The molecule has 0 aliphatic carbocycles. The average Bonchev–Trinajstić information content (AvgIpc) is 2.57. The van der Waals surface area contributed by atoms with E-state index in [1.807, 2.05) is 6.92 Å². The summed E-state index contributed by atoms with van der Waals surface area (Å²) in [7, 11) is 0. The summed E-state index contributed by atoms with van der Waals surface area (Å²) in [4.78, 5) is 4.12. The van der Waals surface area contributed by atoms with Crippen molar-refractivity contribution in [3.8, 4) is 11.5 Å². The third-order valence-corrected chi connectivity index (χ3v) is 2.04. The van der Waals surface area contributed by atoms with Crippen LogP contribution in [0.4, 0.5) is 4.39 Å². The second kappa shape index (κ2) is 3.25. The number of nitrogens with zero attached hydrogens (tertiary/aromatic N) is 1. The van der Waals surface area contributed by atoms with Crippen molar-refractivity contribution in [2.24, 2.45) is 0 Å². The lowest BCUT2D eigenvalue weighted by atomic mass is 10.1. The van der Waals surface area contributed by atoms with Crippen LogP contribution < -0.4 is 0 Å². The van der Waals surface area contributed by atoms with E-state index in [4.69, 9.17) is 4.42 Å². The minimum atomic E-state index is -0.238. The Balaban J connectivity index is 2.47. The number of aryl methyl sites for hydroxylation is 2. The maximum atomic E-state index is 13.2. The first-order chi connectivity index (χ1) is 6.66. The molecule has 0 radical (unpaired) electrons. The molecule has 2 nitrogen and oxygen atoms in total. The summed E-state index contributed by atoms with van der Waals surface area (Å²) < 4.78 is 18.4. The highest BCUT2D eigenvalue weighted by Gasteiger charge is 2.06. The fraction of sp³-hybridized carbons (Fsp3) is 0.182. The Morgan fingerprint density at radius 3 is 2.64 bits per heavy atom. The van der Waals surface area contributed by atoms with Crippen LogP contribution in [0.1, 0.15) is 11.3 Å². The molecule has 0 bridgehead atoms. The zero-order valence-corrected chi connectivity index (χ0v) is 8.04. The molecule has 0 aliphatic heterocycles. The summed E-state index contributed by atoms with van der Waals surface area (Å²) in [6.45, 7) is 3.55. The van der Waals surface area contributed by atoms with Crippen LogP contribution in [0.25, 0.3) is 11.5 Å². The maximum absolute atomic E-state index is 13.2. The van der Waals surface area contributed by atoms with Crippen LogP contribution in [0.5, 0.6) is 0 Å². The van der Waals surface area contributed by atoms with E-state index in [9.17, 15) is 4.39 Å². The Morgan fingerprint density at radius 2 is 2.07 bits per heavy atom. The highest BCUT2D eigenvalue weighted by Crippen LogP contribution is 2.20. The van der Waals surface area contributed by atoms with Crippen molar-refractivity contribution in [1.29, 1.82) is 0 Å². The highest BCUT2D eigenvalue weighted by molar-refractivity contribution is 5.53. The Labute approximate surface area is 81.4 Å². The molecular weight excluding hydrogens is 181 g/mol. The van der Waals surface area contributed by atoms with Gasteiger partial charge < -0.3 is 4.42 Å². The van der Waals surface area contributed by atoms with Gasteiger partial charge in [0.05, 0.1) is 5.69 Å². The number of hydrogen-bond donors (Lipinski definition) is 0. The van der Waals surface area contributed by atoms with Crippen molar-refractivity contribution >= 4 is 0 Å². The smallest absolute Gasteiger partial charge is 0.226 e. The summed E-state index contributed by atoms with van der Waals surface area (Å²) in [5, 5.41) is 0. The highest BCUT2D eigenvalue weighted by atomic mass is 19.1. The number of hydrogen-bond acceptors (Lipinski definition) is 2. The monoisotopic (exact) mass is 191 g/mol. The lowest BCUT2D eigenvalue weighted by molar-refractivity contribution is 0.571. The van der Waals surface area contributed by atoms with Gasteiger partial charge in [0.25, 0.3) is 0 Å². The van der Waals surface area contributed by atoms with E-state index in [1.165, 1.54) is 6.07 Å². The van der Waals surface area contributed by atoms with Crippen LogP contribution in [0.15, 0.2) is 28.9 Å². The Morgan fingerprint density at radius 1 is 1.29 bits per heavy atom. The standard InChI is InChI=1S/C11H10FNO/c1-7-3-4-9(5-10(7)12)11-13-8(2)6-14-11/h3-6H,1-2H3. The van der Waals surface area contributed by atoms with Crippen molar-refractivity contribution in [3.63, 3.8) is 0 Å². The molecule has 0 saturated heterocycles. The number of oxazole rings is 1. The van der Waals surface area contributed by atoms with Gasteiger partial charge in [-0.15, -0.1) is 0 Å². The van der Waals surface area contributed by atoms with Crippen LogP contribution in [0.3, 0.4) is 0 Å². The SMILES string of the molecule is Cc1coc(-c2ccc(C)c(F)c2)n1. The topological polar surface area (TPSA) is 26.0 Å². The second-order valence-corrected chi connectivity index (χ2v) is 3.26. The molecule has 0 atom stereocenters. The number of aromatic nitrogens is 1. The largest absolute Gasteiger partial charge is 0.444 e. The van der Waals surface area contributed by atoms with Crippen molar-refractivity contribution in [2.75, 3.05) is 0 Å². The molecule has 0 aliphatic rings. The molecule has 0 amide bonds. The van der Waals surface area contributed by atoms with E-state index in [2.05, 4.69) is 4.98 Å². The van der Waals surface area contributed by atoms with E-state index in [0.717, 1.165) is 5.69 Å². The molecule has 1 aromatic carbocycles. The molecule has 2 aromatic rings. The molecule has 0 spiro atoms. The van der Waals surface area contributed by atoms with Gasteiger partial charge in [-0.25, -0.2) is 9.37 Å². The van der Waals surface area contributed by atoms with Gasteiger partial charge in [-0.1, -0.05) is 6.07 Å². The molecule has 1 aromatic heterocycles. The summed E-state index contributed by atoms with van der Waals surface area (Å²) in [6, 6.07) is 4.94. The Kier molecular flexibility index (Phi) is 2.08. The van der Waals surface area contributed by atoms with Crippen molar-refractivity contribution in [1.82, 2.24) is 4.98 Å². The van der Waals surface area contributed by atoms with Gasteiger partial charge in [0.2, 0.25) is 5.89 Å². The first-order valence-corrected chi connectivity index (χ1v) is 4.35. The Hall–Kier alpha value is -1.64. The fourth-order valence-electron chi connectivity index (χ4n) is 1.21. The maximum Gasteiger partial charge on any atom is 0.226 e. The normalized spacial score (nSPS) is 10.5. The minimum Gasteiger partial charge on any atom is -0.444 e. The first kappa shape index (κ1) is 8.94. The predicted molar refractivity (Wildman–Crippen MR) is 51.4 cm³/mol. The van der Waals surface area contributed by atoms with Crippen molar-refractivity contribution < 1.29 is 8.81 Å². The number of benzene rings is 1. The van der Waals surface area contributed by atoms with Crippen LogP contribution in [0.2, 0.25) is 0 Å². The molecule has 2 rings (SSSR count). The van der Waals surface area contributed by atoms with Crippen molar-refractivity contribution in [3.05, 3.63) is 41.5 Å². The second-order valence-electron chi connectivity index (χ2n) is 3.26. The van der Waals surface area contributed by atoms with Crippen LogP contribution in [-0.2, 0) is 0 Å². The zero-order valence-electron chi connectivity index (χ0n) is 8.04. The van der Waals surface area contributed by atoms with Crippen LogP contribution in [-0.4, -0.2) is 4.98 Å². The number of halogens is 1. The summed E-state index contributed by atoms with van der Waals surface area (Å²) in [6.07, 6.45) is 1.55. The molecule has 1 heterocycles. The van der Waals surface area contributed by atoms with Gasteiger partial charge in [-0.2, -0.15) is 0 Å². The van der Waals surface area contributed by atoms with Crippen LogP contribution >= 0.6 is 0 Å². The van der Waals surface area contributed by atoms with E-state index >= 15 is 0 Å². The first-order valence-electron chi connectivity index (χ1n) is 4.35. The molecule has 72 valence electrons. The Bertz CT molecular complexity index is 462. The van der Waals surface area contributed by atoms with E-state index in [0.29, 0.717) is 17.0 Å². The van der Waals surface area contributed by atoms with E-state index < -0.39 is 0 Å². The van der Waals surface area contributed by atoms with E-state index in [1.54, 1.807) is 25.3 Å². The summed E-state index contributed by atoms with van der Waals surface area (Å²) >= 11 is 0.